The lowest BCUT2D eigenvalue weighted by Crippen LogP contribution is -2.54. The standard InChI is InChI=1S/C13H14BrFN2O2/c1-13-5-7(19-2)6-17(13)11-4-9(15)8(14)3-10(11)16-12(13)18/h3-4,7H,5-6H2,1-2H3,(H,16,18)/t7-,13-/m1/s1. The largest absolute Gasteiger partial charge is 0.380 e. The Kier molecular flexibility index (Phi) is 2.83. The van der Waals surface area contributed by atoms with Crippen LogP contribution in [0, 0.1) is 5.82 Å². The minimum absolute atomic E-state index is 0.0200. The van der Waals surface area contributed by atoms with Crippen LogP contribution in [-0.4, -0.2) is 31.2 Å². The highest BCUT2D eigenvalue weighted by Gasteiger charge is 2.51. The number of hydrogen-bond donors (Lipinski definition) is 1. The highest BCUT2D eigenvalue weighted by molar-refractivity contribution is 9.10. The van der Waals surface area contributed by atoms with Crippen molar-refractivity contribution in [3.05, 3.63) is 22.4 Å². The van der Waals surface area contributed by atoms with E-state index in [1.807, 2.05) is 11.8 Å². The van der Waals surface area contributed by atoms with Gasteiger partial charge in [0, 0.05) is 26.1 Å². The summed E-state index contributed by atoms with van der Waals surface area (Å²) >= 11 is 3.14. The maximum atomic E-state index is 13.7. The van der Waals surface area contributed by atoms with Crippen molar-refractivity contribution < 1.29 is 13.9 Å². The van der Waals surface area contributed by atoms with Crippen LogP contribution in [0.15, 0.2) is 16.6 Å². The maximum Gasteiger partial charge on any atom is 0.250 e. The fourth-order valence-electron chi connectivity index (χ4n) is 2.88. The van der Waals surface area contributed by atoms with Crippen LogP contribution in [0.4, 0.5) is 15.8 Å². The van der Waals surface area contributed by atoms with Crippen molar-refractivity contribution in [2.24, 2.45) is 0 Å². The molecule has 0 unspecified atom stereocenters. The molecular formula is C13H14BrFN2O2. The summed E-state index contributed by atoms with van der Waals surface area (Å²) in [7, 11) is 1.63. The summed E-state index contributed by atoms with van der Waals surface area (Å²) in [6.07, 6.45) is 0.584. The zero-order valence-electron chi connectivity index (χ0n) is 10.7. The Balaban J connectivity index is 2.12. The van der Waals surface area contributed by atoms with Gasteiger partial charge in [-0.05, 0) is 28.9 Å². The van der Waals surface area contributed by atoms with Gasteiger partial charge in [-0.1, -0.05) is 0 Å². The van der Waals surface area contributed by atoms with Crippen LogP contribution in [0.3, 0.4) is 0 Å². The van der Waals surface area contributed by atoms with Crippen LogP contribution in [0.5, 0.6) is 0 Å². The van der Waals surface area contributed by atoms with E-state index in [9.17, 15) is 9.18 Å². The number of carbonyl (C=O) groups is 1. The molecule has 0 aromatic heterocycles. The number of nitrogens with zero attached hydrogens (tertiary/aromatic N) is 1. The zero-order chi connectivity index (χ0) is 13.8. The van der Waals surface area contributed by atoms with E-state index >= 15 is 0 Å². The molecule has 102 valence electrons. The number of amides is 1. The Morgan fingerprint density at radius 3 is 3.00 bits per heavy atom. The van der Waals surface area contributed by atoms with Crippen molar-refractivity contribution in [3.63, 3.8) is 0 Å². The molecule has 1 aromatic rings. The van der Waals surface area contributed by atoms with Crippen molar-refractivity contribution in [2.45, 2.75) is 25.0 Å². The van der Waals surface area contributed by atoms with Crippen molar-refractivity contribution >= 4 is 33.2 Å². The van der Waals surface area contributed by atoms with Gasteiger partial charge >= 0.3 is 0 Å². The maximum absolute atomic E-state index is 13.7. The summed E-state index contributed by atoms with van der Waals surface area (Å²) in [4.78, 5) is 14.2. The molecule has 2 atom stereocenters. The van der Waals surface area contributed by atoms with Crippen LogP contribution >= 0.6 is 15.9 Å². The minimum Gasteiger partial charge on any atom is -0.380 e. The Bertz CT molecular complexity index is 566. The molecule has 19 heavy (non-hydrogen) atoms. The van der Waals surface area contributed by atoms with Crippen LogP contribution in [0.2, 0.25) is 0 Å². The SMILES string of the molecule is CO[C@H]1CN2c3cc(F)c(Br)cc3NC(=O)[C@@]2(C)C1. The van der Waals surface area contributed by atoms with Crippen molar-refractivity contribution in [1.29, 1.82) is 0 Å². The van der Waals surface area contributed by atoms with Crippen LogP contribution in [-0.2, 0) is 9.53 Å². The van der Waals surface area contributed by atoms with Gasteiger partial charge in [0.15, 0.2) is 0 Å². The molecule has 6 heteroatoms. The summed E-state index contributed by atoms with van der Waals surface area (Å²) < 4.78 is 19.5. The number of halogens is 2. The number of methoxy groups -OCH3 is 1. The third-order valence-corrected chi connectivity index (χ3v) is 4.61. The van der Waals surface area contributed by atoms with E-state index in [1.165, 1.54) is 6.07 Å². The van der Waals surface area contributed by atoms with Gasteiger partial charge < -0.3 is 15.0 Å². The predicted octanol–water partition coefficient (Wildman–Crippen LogP) is 2.52. The number of nitrogens with one attached hydrogen (secondary N) is 1. The summed E-state index contributed by atoms with van der Waals surface area (Å²) in [5.74, 6) is -0.406. The van der Waals surface area contributed by atoms with Crippen LogP contribution < -0.4 is 10.2 Å². The van der Waals surface area contributed by atoms with E-state index < -0.39 is 5.54 Å². The molecule has 1 fully saturated rings. The lowest BCUT2D eigenvalue weighted by atomic mass is 9.93. The Labute approximate surface area is 119 Å². The second-order valence-electron chi connectivity index (χ2n) is 5.18. The summed E-state index contributed by atoms with van der Waals surface area (Å²) in [6.45, 7) is 2.46. The van der Waals surface area contributed by atoms with Gasteiger partial charge in [0.25, 0.3) is 0 Å². The Morgan fingerprint density at radius 1 is 1.58 bits per heavy atom. The van der Waals surface area contributed by atoms with E-state index in [4.69, 9.17) is 4.74 Å². The Morgan fingerprint density at radius 2 is 2.32 bits per heavy atom. The predicted molar refractivity (Wildman–Crippen MR) is 73.9 cm³/mol. The number of rotatable bonds is 1. The summed E-state index contributed by atoms with van der Waals surface area (Å²) in [6, 6.07) is 3.05. The first-order chi connectivity index (χ1) is 8.95. The average Bonchev–Trinajstić information content (AvgIpc) is 2.72. The molecular weight excluding hydrogens is 315 g/mol. The second kappa shape index (κ2) is 4.18. The van der Waals surface area contributed by atoms with E-state index in [0.717, 1.165) is 0 Å². The van der Waals surface area contributed by atoms with E-state index in [1.54, 1.807) is 13.2 Å². The molecule has 0 bridgehead atoms. The van der Waals surface area contributed by atoms with E-state index in [0.29, 0.717) is 28.8 Å². The highest BCUT2D eigenvalue weighted by Crippen LogP contribution is 2.44. The summed E-state index contributed by atoms with van der Waals surface area (Å²) in [5, 5.41) is 2.85. The number of hydrogen-bond acceptors (Lipinski definition) is 3. The molecule has 0 saturated carbocycles. The molecule has 1 saturated heterocycles. The average molecular weight is 329 g/mol. The molecule has 1 N–H and O–H groups in total. The van der Waals surface area contributed by atoms with Gasteiger partial charge in [-0.25, -0.2) is 4.39 Å². The molecule has 1 aromatic carbocycles. The molecule has 2 aliphatic heterocycles. The van der Waals surface area contributed by atoms with Gasteiger partial charge in [0.1, 0.15) is 11.4 Å². The zero-order valence-corrected chi connectivity index (χ0v) is 12.3. The summed E-state index contributed by atoms with van der Waals surface area (Å²) in [5.41, 5.74) is 0.670. The first-order valence-corrected chi connectivity index (χ1v) is 6.86. The third kappa shape index (κ3) is 1.77. The lowest BCUT2D eigenvalue weighted by Gasteiger charge is -2.40. The number of benzene rings is 1. The molecule has 1 amide bonds. The van der Waals surface area contributed by atoms with Gasteiger partial charge in [-0.2, -0.15) is 0 Å². The fourth-order valence-corrected chi connectivity index (χ4v) is 3.22. The number of fused-ring (bicyclic) bond motifs is 3. The lowest BCUT2D eigenvalue weighted by molar-refractivity contribution is -0.121. The number of anilines is 2. The monoisotopic (exact) mass is 328 g/mol. The molecule has 0 aliphatic carbocycles. The van der Waals surface area contributed by atoms with Crippen molar-refractivity contribution in [1.82, 2.24) is 0 Å². The van der Waals surface area contributed by atoms with Crippen LogP contribution in [0.25, 0.3) is 0 Å². The molecule has 2 heterocycles. The number of ether oxygens (including phenoxy) is 1. The smallest absolute Gasteiger partial charge is 0.250 e. The third-order valence-electron chi connectivity index (χ3n) is 4.01. The normalized spacial score (nSPS) is 28.9. The second-order valence-corrected chi connectivity index (χ2v) is 6.04. The molecule has 3 rings (SSSR count). The molecule has 2 aliphatic rings. The quantitative estimate of drug-likeness (QED) is 0.861. The first kappa shape index (κ1) is 12.9. The van der Waals surface area contributed by atoms with Gasteiger partial charge in [-0.3, -0.25) is 4.79 Å². The molecule has 0 spiro atoms. The minimum atomic E-state index is -0.673. The van der Waals surface area contributed by atoms with E-state index in [2.05, 4.69) is 21.2 Å². The van der Waals surface area contributed by atoms with Crippen molar-refractivity contribution in [3.8, 4) is 0 Å². The highest BCUT2D eigenvalue weighted by atomic mass is 79.9. The Hall–Kier alpha value is -1.14. The fraction of sp³-hybridized carbons (Fsp3) is 0.462. The van der Waals surface area contributed by atoms with Gasteiger partial charge in [0.2, 0.25) is 5.91 Å². The molecule has 0 radical (unpaired) electrons. The van der Waals surface area contributed by atoms with Crippen LogP contribution in [0.1, 0.15) is 13.3 Å². The van der Waals surface area contributed by atoms with Crippen molar-refractivity contribution in [2.75, 3.05) is 23.9 Å². The number of carbonyl (C=O) groups excluding carboxylic acids is 1. The van der Waals surface area contributed by atoms with E-state index in [-0.39, 0.29) is 17.8 Å². The van der Waals surface area contributed by atoms with Gasteiger partial charge in [0.05, 0.1) is 22.0 Å². The first-order valence-electron chi connectivity index (χ1n) is 6.06. The van der Waals surface area contributed by atoms with Gasteiger partial charge in [-0.15, -0.1) is 0 Å². The topological polar surface area (TPSA) is 41.6 Å². The molecule has 4 nitrogen and oxygen atoms in total.